The maximum absolute atomic E-state index is 12.2. The molecule has 0 fully saturated rings. The minimum Gasteiger partial charge on any atom is -0.407 e. The molecule has 26 heavy (non-hydrogen) atoms. The monoisotopic (exact) mass is 375 g/mol. The van der Waals surface area contributed by atoms with Crippen LogP contribution >= 0.6 is 0 Å². The van der Waals surface area contributed by atoms with Gasteiger partial charge in [-0.3, -0.25) is 14.8 Å². The van der Waals surface area contributed by atoms with Crippen LogP contribution in [0, 0.1) is 6.92 Å². The molecule has 0 aliphatic carbocycles. The molecule has 2 heterocycles. The predicted octanol–water partition coefficient (Wildman–Crippen LogP) is 1.36. The van der Waals surface area contributed by atoms with E-state index in [1.165, 1.54) is 12.1 Å². The van der Waals surface area contributed by atoms with Crippen LogP contribution in [0.25, 0.3) is 0 Å². The van der Waals surface area contributed by atoms with Crippen molar-refractivity contribution in [3.63, 3.8) is 0 Å². The van der Waals surface area contributed by atoms with E-state index in [0.29, 0.717) is 12.3 Å². The first-order valence-corrected chi connectivity index (χ1v) is 9.54. The van der Waals surface area contributed by atoms with E-state index >= 15 is 0 Å². The fourth-order valence-electron chi connectivity index (χ4n) is 2.39. The van der Waals surface area contributed by atoms with E-state index in [1.54, 1.807) is 37.0 Å². The molecule has 0 unspecified atom stereocenters. The molecule has 0 atom stereocenters. The number of anilines is 1. The molecule has 0 radical (unpaired) electrons. The third-order valence-electron chi connectivity index (χ3n) is 3.62. The summed E-state index contributed by atoms with van der Waals surface area (Å²) in [6.45, 7) is 1.78. The number of hydrogen-bond donors (Lipinski definition) is 1. The van der Waals surface area contributed by atoms with Crippen molar-refractivity contribution in [1.29, 1.82) is 0 Å². The highest BCUT2D eigenvalue weighted by Gasteiger charge is 2.17. The number of hydrogen-bond acceptors (Lipinski definition) is 7. The van der Waals surface area contributed by atoms with Gasteiger partial charge in [0.2, 0.25) is 5.89 Å². The minimum absolute atomic E-state index is 0.0252. The van der Waals surface area contributed by atoms with Gasteiger partial charge in [-0.25, -0.2) is 8.42 Å². The van der Waals surface area contributed by atoms with Crippen molar-refractivity contribution < 1.29 is 17.6 Å². The summed E-state index contributed by atoms with van der Waals surface area (Å²) >= 11 is 0. The number of amides is 1. The summed E-state index contributed by atoms with van der Waals surface area (Å²) in [5.74, 6) is -0.138. The second-order valence-electron chi connectivity index (χ2n) is 5.88. The van der Waals surface area contributed by atoms with Gasteiger partial charge in [0.1, 0.15) is 0 Å². The highest BCUT2D eigenvalue weighted by atomic mass is 32.2. The number of benzene rings is 1. The van der Waals surface area contributed by atoms with Crippen molar-refractivity contribution in [2.75, 3.05) is 11.6 Å². The van der Waals surface area contributed by atoms with Gasteiger partial charge in [0.25, 0.3) is 5.91 Å². The predicted molar refractivity (Wildman–Crippen MR) is 92.6 cm³/mol. The van der Waals surface area contributed by atoms with Crippen LogP contribution in [0.5, 0.6) is 0 Å². The zero-order chi connectivity index (χ0) is 18.9. The normalized spacial score (nSPS) is 11.5. The first kappa shape index (κ1) is 17.8. The SMILES string of the molecule is Cc1cn(C)nc1C(=O)Nc1nnc(Cc2ccc(S(C)(=O)=O)cc2)o1. The third-order valence-corrected chi connectivity index (χ3v) is 4.75. The Balaban J connectivity index is 1.68. The van der Waals surface area contributed by atoms with Gasteiger partial charge in [-0.1, -0.05) is 17.2 Å². The van der Waals surface area contributed by atoms with E-state index < -0.39 is 15.7 Å². The molecule has 10 heteroatoms. The summed E-state index contributed by atoms with van der Waals surface area (Å²) in [7, 11) is -1.51. The van der Waals surface area contributed by atoms with Crippen molar-refractivity contribution >= 4 is 21.8 Å². The van der Waals surface area contributed by atoms with Gasteiger partial charge in [-0.2, -0.15) is 5.10 Å². The van der Waals surface area contributed by atoms with Crippen LogP contribution in [0.15, 0.2) is 39.8 Å². The van der Waals surface area contributed by atoms with Crippen molar-refractivity contribution in [3.05, 3.63) is 53.2 Å². The molecule has 1 aromatic carbocycles. The van der Waals surface area contributed by atoms with Gasteiger partial charge in [-0.05, 0) is 24.6 Å². The lowest BCUT2D eigenvalue weighted by atomic mass is 10.1. The van der Waals surface area contributed by atoms with Crippen LogP contribution in [-0.4, -0.2) is 40.6 Å². The fraction of sp³-hybridized carbons (Fsp3) is 0.250. The number of carbonyl (C=O) groups is 1. The molecule has 1 amide bonds. The lowest BCUT2D eigenvalue weighted by molar-refractivity contribution is 0.101. The lowest BCUT2D eigenvalue weighted by Crippen LogP contribution is -2.14. The molecular weight excluding hydrogens is 358 g/mol. The molecule has 3 rings (SSSR count). The molecule has 0 spiro atoms. The highest BCUT2D eigenvalue weighted by molar-refractivity contribution is 7.90. The summed E-state index contributed by atoms with van der Waals surface area (Å²) in [5, 5.41) is 14.3. The van der Waals surface area contributed by atoms with E-state index in [9.17, 15) is 13.2 Å². The van der Waals surface area contributed by atoms with Crippen LogP contribution in [0.1, 0.15) is 27.5 Å². The molecule has 0 aliphatic rings. The van der Waals surface area contributed by atoms with Gasteiger partial charge >= 0.3 is 6.01 Å². The number of aromatic nitrogens is 4. The number of nitrogens with one attached hydrogen (secondary N) is 1. The minimum atomic E-state index is -3.24. The second kappa shape index (κ2) is 6.71. The van der Waals surface area contributed by atoms with Gasteiger partial charge in [0.05, 0.1) is 11.3 Å². The Morgan fingerprint density at radius 1 is 1.23 bits per heavy atom. The maximum Gasteiger partial charge on any atom is 0.322 e. The van der Waals surface area contributed by atoms with Gasteiger partial charge in [0, 0.05) is 25.1 Å². The van der Waals surface area contributed by atoms with Crippen LogP contribution in [0.2, 0.25) is 0 Å². The van der Waals surface area contributed by atoms with Crippen LogP contribution < -0.4 is 5.32 Å². The molecule has 0 saturated heterocycles. The zero-order valence-electron chi connectivity index (χ0n) is 14.4. The molecule has 9 nitrogen and oxygen atoms in total. The first-order chi connectivity index (χ1) is 12.2. The standard InChI is InChI=1S/C16H17N5O4S/c1-10-9-21(2)20-14(10)15(22)17-16-19-18-13(25-16)8-11-4-6-12(7-5-11)26(3,23)24/h4-7,9H,8H2,1-3H3,(H,17,19,22). The Bertz CT molecular complexity index is 1050. The van der Waals surface area contributed by atoms with Gasteiger partial charge in [0.15, 0.2) is 15.5 Å². The largest absolute Gasteiger partial charge is 0.407 e. The van der Waals surface area contributed by atoms with Crippen LogP contribution in [0.3, 0.4) is 0 Å². The first-order valence-electron chi connectivity index (χ1n) is 7.65. The van der Waals surface area contributed by atoms with Crippen molar-refractivity contribution in [1.82, 2.24) is 20.0 Å². The van der Waals surface area contributed by atoms with Crippen LogP contribution in [0.4, 0.5) is 6.01 Å². The molecule has 0 saturated carbocycles. The molecule has 0 bridgehead atoms. The quantitative estimate of drug-likeness (QED) is 0.715. The van der Waals surface area contributed by atoms with Crippen molar-refractivity contribution in [3.8, 4) is 0 Å². The number of aryl methyl sites for hydroxylation is 2. The average molecular weight is 375 g/mol. The highest BCUT2D eigenvalue weighted by Crippen LogP contribution is 2.15. The Morgan fingerprint density at radius 2 is 1.92 bits per heavy atom. The molecular formula is C16H17N5O4S. The molecule has 136 valence electrons. The molecule has 0 aliphatic heterocycles. The summed E-state index contributed by atoms with van der Waals surface area (Å²) in [4.78, 5) is 12.4. The zero-order valence-corrected chi connectivity index (χ0v) is 15.2. The van der Waals surface area contributed by atoms with Crippen molar-refractivity contribution in [2.24, 2.45) is 7.05 Å². The summed E-state index contributed by atoms with van der Waals surface area (Å²) in [6, 6.07) is 6.37. The van der Waals surface area contributed by atoms with E-state index in [0.717, 1.165) is 17.4 Å². The van der Waals surface area contributed by atoms with E-state index in [-0.39, 0.29) is 16.6 Å². The summed E-state index contributed by atoms with van der Waals surface area (Å²) < 4.78 is 29.9. The molecule has 1 N–H and O–H groups in total. The Kier molecular flexibility index (Phi) is 4.60. The number of sulfone groups is 1. The topological polar surface area (TPSA) is 120 Å². The Hall–Kier alpha value is -3.01. The second-order valence-corrected chi connectivity index (χ2v) is 7.90. The van der Waals surface area contributed by atoms with Crippen molar-refractivity contribution in [2.45, 2.75) is 18.2 Å². The third kappa shape index (κ3) is 3.97. The lowest BCUT2D eigenvalue weighted by Gasteiger charge is -2.00. The number of rotatable bonds is 5. The van der Waals surface area contributed by atoms with Gasteiger partial charge < -0.3 is 4.42 Å². The average Bonchev–Trinajstić information content (AvgIpc) is 3.13. The van der Waals surface area contributed by atoms with Gasteiger partial charge in [-0.15, -0.1) is 5.10 Å². The Morgan fingerprint density at radius 3 is 2.50 bits per heavy atom. The van der Waals surface area contributed by atoms with Crippen LogP contribution in [-0.2, 0) is 23.3 Å². The fourth-order valence-corrected chi connectivity index (χ4v) is 3.02. The van der Waals surface area contributed by atoms with E-state index in [4.69, 9.17) is 4.42 Å². The van der Waals surface area contributed by atoms with E-state index in [1.807, 2.05) is 0 Å². The summed E-state index contributed by atoms with van der Waals surface area (Å²) in [6.07, 6.45) is 3.20. The maximum atomic E-state index is 12.2. The van der Waals surface area contributed by atoms with E-state index in [2.05, 4.69) is 20.6 Å². The number of nitrogens with zero attached hydrogens (tertiary/aromatic N) is 4. The Labute approximate surface area is 150 Å². The smallest absolute Gasteiger partial charge is 0.322 e. The molecule has 2 aromatic heterocycles. The summed E-state index contributed by atoms with van der Waals surface area (Å²) in [5.41, 5.74) is 1.82. The number of carbonyl (C=O) groups excluding carboxylic acids is 1. The molecule has 3 aromatic rings.